The quantitative estimate of drug-likeness (QED) is 0.868. The molecule has 0 unspecified atom stereocenters. The zero-order chi connectivity index (χ0) is 19.6. The number of aryl methyl sites for hydroxylation is 1. The highest BCUT2D eigenvalue weighted by atomic mass is 32.2. The van der Waals surface area contributed by atoms with Gasteiger partial charge in [-0.25, -0.2) is 12.8 Å². The van der Waals surface area contributed by atoms with Gasteiger partial charge in [0.25, 0.3) is 5.91 Å². The van der Waals surface area contributed by atoms with Crippen LogP contribution in [0.2, 0.25) is 0 Å². The van der Waals surface area contributed by atoms with Crippen LogP contribution >= 0.6 is 0 Å². The highest BCUT2D eigenvalue weighted by molar-refractivity contribution is 7.89. The van der Waals surface area contributed by atoms with Gasteiger partial charge in [0.2, 0.25) is 10.0 Å². The number of ether oxygens (including phenoxy) is 1. The Hall–Kier alpha value is -2.29. The Kier molecular flexibility index (Phi) is 5.59. The van der Waals surface area contributed by atoms with Gasteiger partial charge in [0, 0.05) is 18.8 Å². The summed E-state index contributed by atoms with van der Waals surface area (Å²) in [7, 11) is -3.82. The molecule has 2 aromatic rings. The number of carbonyl (C=O) groups excluding carboxylic acids is 1. The van der Waals surface area contributed by atoms with E-state index in [1.54, 1.807) is 12.1 Å². The lowest BCUT2D eigenvalue weighted by atomic mass is 10.1. The zero-order valence-corrected chi connectivity index (χ0v) is 16.0. The van der Waals surface area contributed by atoms with Crippen molar-refractivity contribution in [2.45, 2.75) is 18.7 Å². The molecule has 27 heavy (non-hydrogen) atoms. The number of benzene rings is 2. The lowest BCUT2D eigenvalue weighted by Gasteiger charge is -2.26. The fourth-order valence-corrected chi connectivity index (χ4v) is 4.29. The fourth-order valence-electron chi connectivity index (χ4n) is 2.85. The molecule has 1 amide bonds. The molecule has 144 valence electrons. The number of hydrogen-bond acceptors (Lipinski definition) is 4. The standard InChI is InChI=1S/C19H21FN2O4S/c1-13-4-3-5-18(14(13)2)21-19(23)16-12-15(6-7-17(16)20)27(24,25)22-8-10-26-11-9-22/h3-7,12H,8-11H2,1-2H3,(H,21,23). The molecule has 1 heterocycles. The number of nitrogens with one attached hydrogen (secondary N) is 1. The highest BCUT2D eigenvalue weighted by Gasteiger charge is 2.28. The van der Waals surface area contributed by atoms with Crippen molar-refractivity contribution in [3.05, 3.63) is 58.9 Å². The molecule has 0 radical (unpaired) electrons. The van der Waals surface area contributed by atoms with Crippen molar-refractivity contribution in [3.63, 3.8) is 0 Å². The van der Waals surface area contributed by atoms with Crippen molar-refractivity contribution in [2.75, 3.05) is 31.6 Å². The summed E-state index contributed by atoms with van der Waals surface area (Å²) in [5.41, 5.74) is 2.09. The first kappa shape index (κ1) is 19.5. The lowest BCUT2D eigenvalue weighted by molar-refractivity contribution is 0.0730. The number of halogens is 1. The Balaban J connectivity index is 1.91. The van der Waals surface area contributed by atoms with Gasteiger partial charge < -0.3 is 10.1 Å². The average Bonchev–Trinajstić information content (AvgIpc) is 2.66. The number of hydrogen-bond donors (Lipinski definition) is 1. The maximum Gasteiger partial charge on any atom is 0.258 e. The van der Waals surface area contributed by atoms with E-state index in [1.807, 2.05) is 19.9 Å². The molecule has 1 N–H and O–H groups in total. The first-order chi connectivity index (χ1) is 12.8. The fraction of sp³-hybridized carbons (Fsp3) is 0.316. The van der Waals surface area contributed by atoms with Gasteiger partial charge in [-0.3, -0.25) is 4.79 Å². The first-order valence-corrected chi connectivity index (χ1v) is 10.00. The van der Waals surface area contributed by atoms with Crippen LogP contribution in [0.15, 0.2) is 41.3 Å². The third-order valence-corrected chi connectivity index (χ3v) is 6.54. The van der Waals surface area contributed by atoms with Gasteiger partial charge in [-0.1, -0.05) is 12.1 Å². The van der Waals surface area contributed by atoms with Crippen LogP contribution in [0.5, 0.6) is 0 Å². The Morgan fingerprint density at radius 2 is 1.85 bits per heavy atom. The molecular weight excluding hydrogens is 371 g/mol. The van der Waals surface area contributed by atoms with Crippen LogP contribution in [0.1, 0.15) is 21.5 Å². The Morgan fingerprint density at radius 3 is 2.56 bits per heavy atom. The first-order valence-electron chi connectivity index (χ1n) is 8.55. The van der Waals surface area contributed by atoms with Crippen LogP contribution in [-0.2, 0) is 14.8 Å². The van der Waals surface area contributed by atoms with E-state index >= 15 is 0 Å². The van der Waals surface area contributed by atoms with Crippen LogP contribution < -0.4 is 5.32 Å². The van der Waals surface area contributed by atoms with E-state index in [0.717, 1.165) is 23.3 Å². The number of nitrogens with zero attached hydrogens (tertiary/aromatic N) is 1. The van der Waals surface area contributed by atoms with E-state index in [0.29, 0.717) is 18.9 Å². The minimum Gasteiger partial charge on any atom is -0.379 e. The summed E-state index contributed by atoms with van der Waals surface area (Å²) in [5.74, 6) is -1.47. The molecule has 6 nitrogen and oxygen atoms in total. The molecule has 0 aliphatic carbocycles. The third kappa shape index (κ3) is 4.02. The largest absolute Gasteiger partial charge is 0.379 e. The van der Waals surface area contributed by atoms with E-state index in [9.17, 15) is 17.6 Å². The second-order valence-electron chi connectivity index (χ2n) is 6.36. The van der Waals surface area contributed by atoms with Gasteiger partial charge in [0.15, 0.2) is 0 Å². The Morgan fingerprint density at radius 1 is 1.15 bits per heavy atom. The van der Waals surface area contributed by atoms with Crippen molar-refractivity contribution in [3.8, 4) is 0 Å². The average molecular weight is 392 g/mol. The molecule has 0 saturated carbocycles. The molecule has 1 saturated heterocycles. The summed E-state index contributed by atoms with van der Waals surface area (Å²) in [6.07, 6.45) is 0. The predicted octanol–water partition coefficient (Wildman–Crippen LogP) is 2.72. The predicted molar refractivity (Wildman–Crippen MR) is 99.8 cm³/mol. The topological polar surface area (TPSA) is 75.7 Å². The van der Waals surface area contributed by atoms with Gasteiger partial charge >= 0.3 is 0 Å². The maximum atomic E-state index is 14.2. The molecular formula is C19H21FN2O4S. The van der Waals surface area contributed by atoms with Crippen molar-refractivity contribution < 1.29 is 22.3 Å². The van der Waals surface area contributed by atoms with E-state index in [1.165, 1.54) is 10.4 Å². The zero-order valence-electron chi connectivity index (χ0n) is 15.2. The second kappa shape index (κ2) is 7.75. The van der Waals surface area contributed by atoms with E-state index in [-0.39, 0.29) is 23.5 Å². The van der Waals surface area contributed by atoms with Crippen LogP contribution in [0.4, 0.5) is 10.1 Å². The van der Waals surface area contributed by atoms with Crippen LogP contribution in [0.3, 0.4) is 0 Å². The number of morpholine rings is 1. The van der Waals surface area contributed by atoms with Gasteiger partial charge in [-0.15, -0.1) is 0 Å². The number of carbonyl (C=O) groups is 1. The second-order valence-corrected chi connectivity index (χ2v) is 8.30. The number of rotatable bonds is 4. The maximum absolute atomic E-state index is 14.2. The normalized spacial score (nSPS) is 15.5. The molecule has 0 atom stereocenters. The number of amides is 1. The molecule has 0 bridgehead atoms. The molecule has 1 aliphatic heterocycles. The lowest BCUT2D eigenvalue weighted by Crippen LogP contribution is -2.40. The minimum atomic E-state index is -3.82. The molecule has 1 fully saturated rings. The molecule has 3 rings (SSSR count). The van der Waals surface area contributed by atoms with Gasteiger partial charge in [-0.2, -0.15) is 4.31 Å². The van der Waals surface area contributed by atoms with Crippen LogP contribution in [0, 0.1) is 19.7 Å². The van der Waals surface area contributed by atoms with E-state index < -0.39 is 21.7 Å². The highest BCUT2D eigenvalue weighted by Crippen LogP contribution is 2.23. The summed E-state index contributed by atoms with van der Waals surface area (Å²) in [4.78, 5) is 12.5. The molecule has 8 heteroatoms. The summed E-state index contributed by atoms with van der Waals surface area (Å²) in [6, 6.07) is 8.67. The van der Waals surface area contributed by atoms with Gasteiger partial charge in [0.1, 0.15) is 5.82 Å². The minimum absolute atomic E-state index is 0.114. The van der Waals surface area contributed by atoms with Gasteiger partial charge in [-0.05, 0) is 49.2 Å². The van der Waals surface area contributed by atoms with Gasteiger partial charge in [0.05, 0.1) is 23.7 Å². The molecule has 2 aromatic carbocycles. The van der Waals surface area contributed by atoms with Crippen LogP contribution in [-0.4, -0.2) is 44.9 Å². The SMILES string of the molecule is Cc1cccc(NC(=O)c2cc(S(=O)(=O)N3CCOCC3)ccc2F)c1C. The molecule has 0 spiro atoms. The van der Waals surface area contributed by atoms with Crippen LogP contribution in [0.25, 0.3) is 0 Å². The molecule has 1 aliphatic rings. The third-order valence-electron chi connectivity index (χ3n) is 4.64. The van der Waals surface area contributed by atoms with Crippen molar-refractivity contribution in [1.29, 1.82) is 0 Å². The smallest absolute Gasteiger partial charge is 0.258 e. The number of sulfonamides is 1. The summed E-state index contributed by atoms with van der Waals surface area (Å²) in [6.45, 7) is 4.82. The van der Waals surface area contributed by atoms with Crippen molar-refractivity contribution in [2.24, 2.45) is 0 Å². The van der Waals surface area contributed by atoms with E-state index in [2.05, 4.69) is 5.32 Å². The van der Waals surface area contributed by atoms with Crippen molar-refractivity contribution >= 4 is 21.6 Å². The number of anilines is 1. The summed E-state index contributed by atoms with van der Waals surface area (Å²) >= 11 is 0. The molecule has 0 aromatic heterocycles. The Bertz CT molecular complexity index is 970. The summed E-state index contributed by atoms with van der Waals surface area (Å²) < 4.78 is 46.2. The Labute approximate surface area is 158 Å². The van der Waals surface area contributed by atoms with E-state index in [4.69, 9.17) is 4.74 Å². The summed E-state index contributed by atoms with van der Waals surface area (Å²) in [5, 5.41) is 2.66. The monoisotopic (exact) mass is 392 g/mol. The van der Waals surface area contributed by atoms with Crippen molar-refractivity contribution in [1.82, 2.24) is 4.31 Å².